The minimum absolute atomic E-state index is 0.101. The second kappa shape index (κ2) is 7.16. The minimum Gasteiger partial charge on any atom is -0.382 e. The van der Waals surface area contributed by atoms with E-state index in [2.05, 4.69) is 4.98 Å². The van der Waals surface area contributed by atoms with Crippen molar-refractivity contribution in [3.8, 4) is 0 Å². The van der Waals surface area contributed by atoms with Gasteiger partial charge < -0.3 is 14.0 Å². The summed E-state index contributed by atoms with van der Waals surface area (Å²) in [6, 6.07) is 3.55. The smallest absolute Gasteiger partial charge is 0.127 e. The molecule has 0 radical (unpaired) electrons. The number of imidazole rings is 1. The van der Waals surface area contributed by atoms with Crippen LogP contribution in [0.25, 0.3) is 11.0 Å². The van der Waals surface area contributed by atoms with Gasteiger partial charge in [-0.3, -0.25) is 0 Å². The first-order valence-electron chi connectivity index (χ1n) is 6.48. The highest BCUT2D eigenvalue weighted by Gasteiger charge is 2.19. The van der Waals surface area contributed by atoms with Crippen molar-refractivity contribution in [1.29, 1.82) is 0 Å². The van der Waals surface area contributed by atoms with E-state index in [9.17, 15) is 0 Å². The number of benzene rings is 1. The van der Waals surface area contributed by atoms with Gasteiger partial charge in [0, 0.05) is 14.2 Å². The fraction of sp³-hybridized carbons (Fsp3) is 0.500. The quantitative estimate of drug-likeness (QED) is 0.728. The van der Waals surface area contributed by atoms with Crippen molar-refractivity contribution in [2.75, 3.05) is 20.8 Å². The molecule has 4 nitrogen and oxygen atoms in total. The number of ether oxygens (including phenoxy) is 2. The maximum absolute atomic E-state index is 6.24. The number of methoxy groups -OCH3 is 2. The number of halogens is 3. The Morgan fingerprint density at radius 3 is 2.48 bits per heavy atom. The lowest BCUT2D eigenvalue weighted by Crippen LogP contribution is -2.24. The fourth-order valence-electron chi connectivity index (χ4n) is 2.22. The molecule has 21 heavy (non-hydrogen) atoms. The van der Waals surface area contributed by atoms with E-state index in [1.807, 2.05) is 11.5 Å². The van der Waals surface area contributed by atoms with Gasteiger partial charge in [-0.2, -0.15) is 0 Å². The first-order valence-corrected chi connectivity index (χ1v) is 7.68. The Kier molecular flexibility index (Phi) is 5.74. The van der Waals surface area contributed by atoms with Crippen LogP contribution < -0.4 is 0 Å². The monoisotopic (exact) mass is 350 g/mol. The van der Waals surface area contributed by atoms with E-state index >= 15 is 0 Å². The number of hydrogen-bond acceptors (Lipinski definition) is 3. The lowest BCUT2D eigenvalue weighted by molar-refractivity contribution is 0.0185. The molecule has 0 aliphatic heterocycles. The predicted octanol–water partition coefficient (Wildman–Crippen LogP) is 4.30. The molecule has 0 aliphatic rings. The molecule has 2 atom stereocenters. The largest absolute Gasteiger partial charge is 0.382 e. The second-order valence-corrected chi connectivity index (χ2v) is 6.23. The van der Waals surface area contributed by atoms with E-state index in [-0.39, 0.29) is 11.5 Å². The lowest BCUT2D eigenvalue weighted by atomic mass is 10.3. The summed E-state index contributed by atoms with van der Waals surface area (Å²) in [5, 5.41) is 0.720. The molecule has 0 amide bonds. The maximum atomic E-state index is 6.24. The highest BCUT2D eigenvalue weighted by molar-refractivity contribution is 6.42. The third-order valence-corrected chi connectivity index (χ3v) is 4.17. The van der Waals surface area contributed by atoms with Gasteiger partial charge in [0.05, 0.1) is 45.7 Å². The van der Waals surface area contributed by atoms with Gasteiger partial charge in [0.1, 0.15) is 5.82 Å². The molecule has 0 aliphatic carbocycles. The Hall–Kier alpha value is -0.520. The summed E-state index contributed by atoms with van der Waals surface area (Å²) in [4.78, 5) is 4.55. The summed E-state index contributed by atoms with van der Waals surface area (Å²) in [6.45, 7) is 2.93. The highest BCUT2D eigenvalue weighted by Crippen LogP contribution is 2.31. The van der Waals surface area contributed by atoms with Gasteiger partial charge in [-0.15, -0.1) is 11.6 Å². The molecule has 2 aromatic rings. The molecule has 0 spiro atoms. The Bertz CT molecular complexity index is 628. The molecule has 1 aromatic carbocycles. The van der Waals surface area contributed by atoms with Crippen molar-refractivity contribution in [1.82, 2.24) is 9.55 Å². The average Bonchev–Trinajstić information content (AvgIpc) is 2.77. The molecule has 7 heteroatoms. The Labute approximate surface area is 138 Å². The number of hydrogen-bond donors (Lipinski definition) is 0. The van der Waals surface area contributed by atoms with Crippen LogP contribution in [0.5, 0.6) is 0 Å². The third-order valence-electron chi connectivity index (χ3n) is 3.25. The molecule has 2 unspecified atom stereocenters. The van der Waals surface area contributed by atoms with Crippen molar-refractivity contribution in [2.24, 2.45) is 0 Å². The first-order chi connectivity index (χ1) is 9.97. The van der Waals surface area contributed by atoms with Crippen LogP contribution in [-0.4, -0.2) is 36.5 Å². The Balaban J connectivity index is 2.52. The highest BCUT2D eigenvalue weighted by atomic mass is 35.5. The summed E-state index contributed by atoms with van der Waals surface area (Å²) in [5.74, 6) is 0.753. The zero-order valence-electron chi connectivity index (χ0n) is 12.1. The van der Waals surface area contributed by atoms with Gasteiger partial charge in [0.15, 0.2) is 0 Å². The van der Waals surface area contributed by atoms with Gasteiger partial charge >= 0.3 is 0 Å². The molecule has 0 saturated heterocycles. The van der Waals surface area contributed by atoms with Crippen molar-refractivity contribution in [2.45, 2.75) is 24.9 Å². The number of aromatic nitrogens is 2. The standard InChI is InChI=1S/C14H17Cl3N2O2/c1-8(15)14-18-12-4-10(16)11(17)5-13(12)19(14)6-9(21-3)7-20-2/h4-5,8-9H,6-7H2,1-3H3. The van der Waals surface area contributed by atoms with Crippen LogP contribution in [0.3, 0.4) is 0 Å². The average molecular weight is 352 g/mol. The molecule has 116 valence electrons. The van der Waals surface area contributed by atoms with Gasteiger partial charge in [-0.1, -0.05) is 23.2 Å². The number of alkyl halides is 1. The van der Waals surface area contributed by atoms with Crippen molar-refractivity contribution < 1.29 is 9.47 Å². The minimum atomic E-state index is -0.241. The normalized spacial score (nSPS) is 14.6. The van der Waals surface area contributed by atoms with Crippen LogP contribution >= 0.6 is 34.8 Å². The Morgan fingerprint density at radius 1 is 1.24 bits per heavy atom. The zero-order chi connectivity index (χ0) is 15.6. The number of fused-ring (bicyclic) bond motifs is 1. The van der Waals surface area contributed by atoms with Crippen LogP contribution in [0.2, 0.25) is 10.0 Å². The molecular formula is C14H17Cl3N2O2. The first kappa shape index (κ1) is 16.8. The topological polar surface area (TPSA) is 36.3 Å². The molecule has 0 bridgehead atoms. The van der Waals surface area contributed by atoms with Gasteiger partial charge in [0.2, 0.25) is 0 Å². The summed E-state index contributed by atoms with van der Waals surface area (Å²) >= 11 is 18.4. The summed E-state index contributed by atoms with van der Waals surface area (Å²) < 4.78 is 12.6. The SMILES string of the molecule is COCC(Cn1c(C(C)Cl)nc2cc(Cl)c(Cl)cc21)OC. The van der Waals surface area contributed by atoms with Gasteiger partial charge in [0.25, 0.3) is 0 Å². The molecule has 2 rings (SSSR count). The fourth-order valence-corrected chi connectivity index (χ4v) is 2.70. The third kappa shape index (κ3) is 3.63. The lowest BCUT2D eigenvalue weighted by Gasteiger charge is -2.18. The zero-order valence-corrected chi connectivity index (χ0v) is 14.3. The predicted molar refractivity (Wildman–Crippen MR) is 86.7 cm³/mol. The van der Waals surface area contributed by atoms with E-state index in [0.717, 1.165) is 16.9 Å². The summed E-state index contributed by atoms with van der Waals surface area (Å²) in [7, 11) is 3.29. The van der Waals surface area contributed by atoms with Crippen LogP contribution in [0.1, 0.15) is 18.1 Å². The molecule has 0 N–H and O–H groups in total. The number of nitrogens with zero attached hydrogens (tertiary/aromatic N) is 2. The van der Waals surface area contributed by atoms with Gasteiger partial charge in [-0.05, 0) is 19.1 Å². The van der Waals surface area contributed by atoms with E-state index in [1.165, 1.54) is 0 Å². The van der Waals surface area contributed by atoms with E-state index in [1.54, 1.807) is 26.4 Å². The van der Waals surface area contributed by atoms with Crippen LogP contribution in [-0.2, 0) is 16.0 Å². The molecule has 0 saturated carbocycles. The molecule has 1 aromatic heterocycles. The summed E-state index contributed by atoms with van der Waals surface area (Å²) in [6.07, 6.45) is -0.101. The second-order valence-electron chi connectivity index (χ2n) is 4.76. The summed E-state index contributed by atoms with van der Waals surface area (Å²) in [5.41, 5.74) is 1.64. The number of rotatable bonds is 6. The van der Waals surface area contributed by atoms with Crippen molar-refractivity contribution >= 4 is 45.8 Å². The Morgan fingerprint density at radius 2 is 1.90 bits per heavy atom. The van der Waals surface area contributed by atoms with Crippen molar-refractivity contribution in [3.63, 3.8) is 0 Å². The van der Waals surface area contributed by atoms with E-state index < -0.39 is 0 Å². The van der Waals surface area contributed by atoms with Crippen molar-refractivity contribution in [3.05, 3.63) is 28.0 Å². The molecule has 0 fully saturated rings. The van der Waals surface area contributed by atoms with Gasteiger partial charge in [-0.25, -0.2) is 4.98 Å². The van der Waals surface area contributed by atoms with Crippen LogP contribution in [0.4, 0.5) is 0 Å². The molecular weight excluding hydrogens is 335 g/mol. The van der Waals surface area contributed by atoms with Crippen LogP contribution in [0.15, 0.2) is 12.1 Å². The van der Waals surface area contributed by atoms with E-state index in [4.69, 9.17) is 44.3 Å². The molecule has 1 heterocycles. The van der Waals surface area contributed by atoms with Crippen LogP contribution in [0, 0.1) is 0 Å². The van der Waals surface area contributed by atoms with E-state index in [0.29, 0.717) is 23.2 Å². The maximum Gasteiger partial charge on any atom is 0.127 e.